The first-order valence-corrected chi connectivity index (χ1v) is 7.63. The van der Waals surface area contributed by atoms with Gasteiger partial charge in [-0.1, -0.05) is 20.3 Å². The van der Waals surface area contributed by atoms with Gasteiger partial charge in [0.15, 0.2) is 0 Å². The first-order valence-electron chi connectivity index (χ1n) is 7.63. The van der Waals surface area contributed by atoms with E-state index in [1.165, 1.54) is 13.3 Å². The molecular weight excluding hydrogens is 246 g/mol. The molecule has 2 rings (SSSR count). The summed E-state index contributed by atoms with van der Waals surface area (Å²) in [4.78, 5) is 0. The number of hydrogen-bond donors (Lipinski definition) is 0. The second-order valence-electron chi connectivity index (χ2n) is 6.41. The molecule has 0 N–H and O–H groups in total. The SMILES string of the molecule is CCC1CC(C2CC2C)OCC1CC(F)=CC(C)F. The van der Waals surface area contributed by atoms with Crippen molar-refractivity contribution in [1.82, 2.24) is 0 Å². The predicted octanol–water partition coefficient (Wildman–Crippen LogP) is 4.68. The summed E-state index contributed by atoms with van der Waals surface area (Å²) in [5.41, 5.74) is 0. The molecule has 1 saturated carbocycles. The third-order valence-corrected chi connectivity index (χ3v) is 4.77. The molecule has 6 unspecified atom stereocenters. The van der Waals surface area contributed by atoms with Crippen LogP contribution in [0.25, 0.3) is 0 Å². The van der Waals surface area contributed by atoms with Crippen LogP contribution in [0.5, 0.6) is 0 Å². The quantitative estimate of drug-likeness (QED) is 0.706. The summed E-state index contributed by atoms with van der Waals surface area (Å²) in [7, 11) is 0. The number of hydrogen-bond acceptors (Lipinski definition) is 1. The Morgan fingerprint density at radius 3 is 2.58 bits per heavy atom. The molecule has 110 valence electrons. The van der Waals surface area contributed by atoms with Gasteiger partial charge in [-0.2, -0.15) is 0 Å². The fraction of sp³-hybridized carbons (Fsp3) is 0.875. The van der Waals surface area contributed by atoms with Crippen molar-refractivity contribution < 1.29 is 13.5 Å². The van der Waals surface area contributed by atoms with E-state index in [4.69, 9.17) is 4.74 Å². The van der Waals surface area contributed by atoms with Crippen LogP contribution in [0.4, 0.5) is 8.78 Å². The van der Waals surface area contributed by atoms with E-state index < -0.39 is 6.17 Å². The maximum Gasteiger partial charge on any atom is 0.118 e. The highest BCUT2D eigenvalue weighted by Gasteiger charge is 2.44. The molecule has 0 radical (unpaired) electrons. The second-order valence-corrected chi connectivity index (χ2v) is 6.41. The summed E-state index contributed by atoms with van der Waals surface area (Å²) in [6.07, 6.45) is 3.98. The van der Waals surface area contributed by atoms with Gasteiger partial charge in [0.25, 0.3) is 0 Å². The van der Waals surface area contributed by atoms with Gasteiger partial charge in [-0.25, -0.2) is 8.78 Å². The largest absolute Gasteiger partial charge is 0.378 e. The highest BCUT2D eigenvalue weighted by atomic mass is 19.1. The van der Waals surface area contributed by atoms with Gasteiger partial charge in [0.2, 0.25) is 0 Å². The van der Waals surface area contributed by atoms with E-state index in [9.17, 15) is 8.78 Å². The van der Waals surface area contributed by atoms with Crippen molar-refractivity contribution >= 4 is 0 Å². The van der Waals surface area contributed by atoms with E-state index in [2.05, 4.69) is 13.8 Å². The molecule has 1 nitrogen and oxygen atoms in total. The van der Waals surface area contributed by atoms with Crippen LogP contribution in [0.2, 0.25) is 0 Å². The Bertz CT molecular complexity index is 327. The fourth-order valence-electron chi connectivity index (χ4n) is 3.40. The summed E-state index contributed by atoms with van der Waals surface area (Å²) in [6, 6.07) is 0. The smallest absolute Gasteiger partial charge is 0.118 e. The Morgan fingerprint density at radius 2 is 2.05 bits per heavy atom. The molecule has 0 aromatic rings. The van der Waals surface area contributed by atoms with Crippen LogP contribution in [0.15, 0.2) is 11.9 Å². The van der Waals surface area contributed by atoms with Gasteiger partial charge in [0.05, 0.1) is 18.5 Å². The van der Waals surface area contributed by atoms with Crippen molar-refractivity contribution in [2.75, 3.05) is 6.61 Å². The lowest BCUT2D eigenvalue weighted by molar-refractivity contribution is -0.0604. The van der Waals surface area contributed by atoms with E-state index in [0.29, 0.717) is 25.0 Å². The minimum Gasteiger partial charge on any atom is -0.378 e. The van der Waals surface area contributed by atoms with Gasteiger partial charge in [0, 0.05) is 6.42 Å². The summed E-state index contributed by atoms with van der Waals surface area (Å²) in [6.45, 7) is 6.43. The molecule has 1 aliphatic carbocycles. The molecule has 6 atom stereocenters. The summed E-state index contributed by atoms with van der Waals surface area (Å²) in [5.74, 6) is 1.93. The van der Waals surface area contributed by atoms with Gasteiger partial charge in [0.1, 0.15) is 6.17 Å². The van der Waals surface area contributed by atoms with Gasteiger partial charge >= 0.3 is 0 Å². The van der Waals surface area contributed by atoms with Crippen molar-refractivity contribution in [2.45, 2.75) is 58.7 Å². The fourth-order valence-corrected chi connectivity index (χ4v) is 3.40. The maximum atomic E-state index is 13.6. The monoisotopic (exact) mass is 272 g/mol. The Morgan fingerprint density at radius 1 is 1.37 bits per heavy atom. The van der Waals surface area contributed by atoms with E-state index in [0.717, 1.165) is 30.8 Å². The highest BCUT2D eigenvalue weighted by Crippen LogP contribution is 2.47. The average Bonchev–Trinajstić information content (AvgIpc) is 3.05. The molecule has 0 aromatic carbocycles. The van der Waals surface area contributed by atoms with Gasteiger partial charge in [-0.15, -0.1) is 0 Å². The summed E-state index contributed by atoms with van der Waals surface area (Å²) < 4.78 is 32.3. The minimum atomic E-state index is -1.20. The number of allylic oxidation sites excluding steroid dienone is 2. The molecule has 2 aliphatic rings. The van der Waals surface area contributed by atoms with Crippen LogP contribution in [-0.4, -0.2) is 18.9 Å². The lowest BCUT2D eigenvalue weighted by Crippen LogP contribution is -2.35. The van der Waals surface area contributed by atoms with E-state index in [1.54, 1.807) is 0 Å². The highest BCUT2D eigenvalue weighted by molar-refractivity contribution is 4.99. The van der Waals surface area contributed by atoms with Gasteiger partial charge in [-0.3, -0.25) is 0 Å². The van der Waals surface area contributed by atoms with Crippen LogP contribution in [-0.2, 0) is 4.74 Å². The third-order valence-electron chi connectivity index (χ3n) is 4.77. The van der Waals surface area contributed by atoms with Crippen molar-refractivity contribution in [3.8, 4) is 0 Å². The maximum absolute atomic E-state index is 13.6. The van der Waals surface area contributed by atoms with Crippen molar-refractivity contribution in [1.29, 1.82) is 0 Å². The lowest BCUT2D eigenvalue weighted by atomic mass is 9.80. The molecular formula is C16H26F2O. The predicted molar refractivity (Wildman–Crippen MR) is 73.3 cm³/mol. The molecule has 0 bridgehead atoms. The minimum absolute atomic E-state index is 0.213. The molecule has 3 heteroatoms. The molecule has 1 saturated heterocycles. The van der Waals surface area contributed by atoms with Crippen LogP contribution in [0, 0.1) is 23.7 Å². The Balaban J connectivity index is 1.88. The molecule has 1 aliphatic heterocycles. The topological polar surface area (TPSA) is 9.23 Å². The summed E-state index contributed by atoms with van der Waals surface area (Å²) >= 11 is 0. The van der Waals surface area contributed by atoms with E-state index >= 15 is 0 Å². The van der Waals surface area contributed by atoms with Gasteiger partial charge in [-0.05, 0) is 49.5 Å². The molecule has 0 aromatic heterocycles. The van der Waals surface area contributed by atoms with Crippen LogP contribution >= 0.6 is 0 Å². The average molecular weight is 272 g/mol. The molecule has 2 fully saturated rings. The summed E-state index contributed by atoms with van der Waals surface area (Å²) in [5, 5.41) is 0. The second kappa shape index (κ2) is 6.34. The Hall–Kier alpha value is -0.440. The number of ether oxygens (including phenoxy) is 1. The first-order chi connectivity index (χ1) is 9.01. The molecule has 0 amide bonds. The zero-order valence-corrected chi connectivity index (χ0v) is 12.2. The van der Waals surface area contributed by atoms with Crippen molar-refractivity contribution in [3.63, 3.8) is 0 Å². The van der Waals surface area contributed by atoms with Crippen LogP contribution < -0.4 is 0 Å². The number of alkyl halides is 1. The Labute approximate surface area is 115 Å². The molecule has 0 spiro atoms. The molecule has 19 heavy (non-hydrogen) atoms. The zero-order valence-electron chi connectivity index (χ0n) is 12.2. The normalized spacial score (nSPS) is 41.1. The zero-order chi connectivity index (χ0) is 14.0. The number of halogens is 2. The first kappa shape index (κ1) is 15.0. The van der Waals surface area contributed by atoms with E-state index in [1.807, 2.05) is 0 Å². The van der Waals surface area contributed by atoms with Crippen molar-refractivity contribution in [3.05, 3.63) is 11.9 Å². The molecule has 1 heterocycles. The lowest BCUT2D eigenvalue weighted by Gasteiger charge is -2.36. The van der Waals surface area contributed by atoms with E-state index in [-0.39, 0.29) is 11.7 Å². The number of rotatable bonds is 5. The standard InChI is InChI=1S/C16H26F2O/c1-4-12-8-16(15-5-10(15)2)19-9-13(12)7-14(18)6-11(3)17/h6,10-13,15-16H,4-5,7-9H2,1-3H3. The van der Waals surface area contributed by atoms with Crippen molar-refractivity contribution in [2.24, 2.45) is 23.7 Å². The van der Waals surface area contributed by atoms with Crippen LogP contribution in [0.1, 0.15) is 46.5 Å². The van der Waals surface area contributed by atoms with Crippen LogP contribution in [0.3, 0.4) is 0 Å². The van der Waals surface area contributed by atoms with Gasteiger partial charge < -0.3 is 4.74 Å². The Kier molecular flexibility index (Phi) is 4.99. The third kappa shape index (κ3) is 4.01.